The van der Waals surface area contributed by atoms with Gasteiger partial charge < -0.3 is 4.74 Å². The molecule has 0 aliphatic carbocycles. The van der Waals surface area contributed by atoms with Gasteiger partial charge in [-0.2, -0.15) is 0 Å². The summed E-state index contributed by atoms with van der Waals surface area (Å²) in [5.41, 5.74) is 1.19. The molecular weight excluding hydrogens is 167 g/mol. The molecule has 0 N–H and O–H groups in total. The van der Waals surface area contributed by atoms with Gasteiger partial charge in [-0.1, -0.05) is 11.6 Å². The SMILES string of the molecule is CC(C)=CCOc1cccc(F)c1. The highest BCUT2D eigenvalue weighted by molar-refractivity contribution is 5.22. The van der Waals surface area contributed by atoms with E-state index >= 15 is 0 Å². The third kappa shape index (κ3) is 3.74. The lowest BCUT2D eigenvalue weighted by atomic mass is 10.3. The van der Waals surface area contributed by atoms with Crippen LogP contribution in [0.25, 0.3) is 0 Å². The van der Waals surface area contributed by atoms with Crippen molar-refractivity contribution in [1.29, 1.82) is 0 Å². The van der Waals surface area contributed by atoms with Crippen molar-refractivity contribution in [2.45, 2.75) is 13.8 Å². The van der Waals surface area contributed by atoms with Crippen LogP contribution in [0.1, 0.15) is 13.8 Å². The van der Waals surface area contributed by atoms with Gasteiger partial charge in [-0.15, -0.1) is 0 Å². The van der Waals surface area contributed by atoms with Crippen LogP contribution in [0.4, 0.5) is 4.39 Å². The molecule has 0 unspecified atom stereocenters. The molecule has 0 fully saturated rings. The predicted octanol–water partition coefficient (Wildman–Crippen LogP) is 3.17. The Hall–Kier alpha value is -1.31. The standard InChI is InChI=1S/C11H13FO/c1-9(2)6-7-13-11-5-3-4-10(12)8-11/h3-6,8H,7H2,1-2H3. The normalized spacial score (nSPS) is 9.46. The summed E-state index contributed by atoms with van der Waals surface area (Å²) in [6.45, 7) is 4.48. The summed E-state index contributed by atoms with van der Waals surface area (Å²) in [6.07, 6.45) is 1.95. The number of halogens is 1. The average Bonchev–Trinajstić information content (AvgIpc) is 2.03. The van der Waals surface area contributed by atoms with Crippen LogP contribution in [0.5, 0.6) is 5.75 Å². The lowest BCUT2D eigenvalue weighted by Gasteiger charge is -2.02. The molecule has 0 amide bonds. The van der Waals surface area contributed by atoms with Gasteiger partial charge in [0, 0.05) is 6.07 Å². The largest absolute Gasteiger partial charge is 0.489 e. The molecule has 0 aromatic heterocycles. The van der Waals surface area contributed by atoms with E-state index in [4.69, 9.17) is 4.74 Å². The smallest absolute Gasteiger partial charge is 0.126 e. The Morgan fingerprint density at radius 1 is 1.46 bits per heavy atom. The first kappa shape index (κ1) is 9.78. The summed E-state index contributed by atoms with van der Waals surface area (Å²) in [6, 6.07) is 6.14. The summed E-state index contributed by atoms with van der Waals surface area (Å²) in [7, 11) is 0. The minimum atomic E-state index is -0.269. The van der Waals surface area contributed by atoms with Crippen LogP contribution >= 0.6 is 0 Å². The molecular formula is C11H13FO. The third-order valence-electron chi connectivity index (χ3n) is 1.54. The van der Waals surface area contributed by atoms with Crippen molar-refractivity contribution in [2.24, 2.45) is 0 Å². The first-order valence-electron chi connectivity index (χ1n) is 4.20. The molecule has 0 heterocycles. The summed E-state index contributed by atoms with van der Waals surface area (Å²) < 4.78 is 17.9. The van der Waals surface area contributed by atoms with Crippen LogP contribution < -0.4 is 4.74 Å². The Balaban J connectivity index is 2.50. The van der Waals surface area contributed by atoms with Gasteiger partial charge >= 0.3 is 0 Å². The first-order valence-corrected chi connectivity index (χ1v) is 4.20. The van der Waals surface area contributed by atoms with E-state index in [2.05, 4.69) is 0 Å². The quantitative estimate of drug-likeness (QED) is 0.649. The Kier molecular flexibility index (Phi) is 3.50. The van der Waals surface area contributed by atoms with Gasteiger partial charge in [0.15, 0.2) is 0 Å². The molecule has 2 heteroatoms. The van der Waals surface area contributed by atoms with E-state index in [0.29, 0.717) is 12.4 Å². The molecule has 0 spiro atoms. The minimum Gasteiger partial charge on any atom is -0.489 e. The van der Waals surface area contributed by atoms with E-state index in [9.17, 15) is 4.39 Å². The molecule has 13 heavy (non-hydrogen) atoms. The summed E-state index contributed by atoms with van der Waals surface area (Å²) in [5.74, 6) is 0.298. The molecule has 0 saturated heterocycles. The fourth-order valence-corrected chi connectivity index (χ4v) is 0.861. The van der Waals surface area contributed by atoms with E-state index in [1.165, 1.54) is 17.7 Å². The maximum Gasteiger partial charge on any atom is 0.126 e. The van der Waals surface area contributed by atoms with E-state index in [1.54, 1.807) is 12.1 Å². The van der Waals surface area contributed by atoms with Gasteiger partial charge in [0.1, 0.15) is 18.2 Å². The van der Waals surface area contributed by atoms with Crippen molar-refractivity contribution < 1.29 is 9.13 Å². The van der Waals surface area contributed by atoms with E-state index < -0.39 is 0 Å². The highest BCUT2D eigenvalue weighted by Crippen LogP contribution is 2.11. The van der Waals surface area contributed by atoms with Crippen LogP contribution in [0.2, 0.25) is 0 Å². The topological polar surface area (TPSA) is 9.23 Å². The molecule has 0 saturated carbocycles. The Morgan fingerprint density at radius 3 is 2.85 bits per heavy atom. The lowest BCUT2D eigenvalue weighted by molar-refractivity contribution is 0.359. The Bertz CT molecular complexity index is 301. The van der Waals surface area contributed by atoms with E-state index in [1.807, 2.05) is 19.9 Å². The first-order chi connectivity index (χ1) is 6.18. The number of hydrogen-bond donors (Lipinski definition) is 0. The molecule has 0 radical (unpaired) electrons. The fourth-order valence-electron chi connectivity index (χ4n) is 0.861. The van der Waals surface area contributed by atoms with Crippen LogP contribution in [0, 0.1) is 5.82 Å². The molecule has 1 nitrogen and oxygen atoms in total. The summed E-state index contributed by atoms with van der Waals surface area (Å²) in [4.78, 5) is 0. The van der Waals surface area contributed by atoms with Gasteiger partial charge in [0.2, 0.25) is 0 Å². The molecule has 0 aliphatic rings. The second-order valence-electron chi connectivity index (χ2n) is 3.05. The highest BCUT2D eigenvalue weighted by atomic mass is 19.1. The van der Waals surface area contributed by atoms with Gasteiger partial charge in [-0.3, -0.25) is 0 Å². The van der Waals surface area contributed by atoms with Gasteiger partial charge in [-0.05, 0) is 32.1 Å². The molecule has 0 bridgehead atoms. The third-order valence-corrected chi connectivity index (χ3v) is 1.54. The number of ether oxygens (including phenoxy) is 1. The summed E-state index contributed by atoms with van der Waals surface area (Å²) >= 11 is 0. The number of hydrogen-bond acceptors (Lipinski definition) is 1. The second kappa shape index (κ2) is 4.65. The van der Waals surface area contributed by atoms with Crippen LogP contribution in [0.15, 0.2) is 35.9 Å². The van der Waals surface area contributed by atoms with Crippen molar-refractivity contribution in [3.05, 3.63) is 41.7 Å². The zero-order chi connectivity index (χ0) is 9.68. The number of benzene rings is 1. The van der Waals surface area contributed by atoms with Gasteiger partial charge in [0.25, 0.3) is 0 Å². The van der Waals surface area contributed by atoms with Crippen LogP contribution in [-0.4, -0.2) is 6.61 Å². The minimum absolute atomic E-state index is 0.269. The molecule has 0 aliphatic heterocycles. The molecule has 0 atom stereocenters. The predicted molar refractivity (Wildman–Crippen MR) is 51.3 cm³/mol. The highest BCUT2D eigenvalue weighted by Gasteiger charge is 1.93. The van der Waals surface area contributed by atoms with Crippen molar-refractivity contribution >= 4 is 0 Å². The molecule has 1 rings (SSSR count). The van der Waals surface area contributed by atoms with Crippen molar-refractivity contribution in [3.8, 4) is 5.75 Å². The zero-order valence-corrected chi connectivity index (χ0v) is 7.88. The lowest BCUT2D eigenvalue weighted by Crippen LogP contribution is -1.94. The van der Waals surface area contributed by atoms with Crippen LogP contribution in [0.3, 0.4) is 0 Å². The van der Waals surface area contributed by atoms with Crippen molar-refractivity contribution in [1.82, 2.24) is 0 Å². The van der Waals surface area contributed by atoms with Gasteiger partial charge in [0.05, 0.1) is 0 Å². The average molecular weight is 180 g/mol. The Labute approximate surface area is 77.8 Å². The maximum atomic E-state index is 12.7. The second-order valence-corrected chi connectivity index (χ2v) is 3.05. The van der Waals surface area contributed by atoms with Crippen LogP contribution in [-0.2, 0) is 0 Å². The number of rotatable bonds is 3. The number of allylic oxidation sites excluding steroid dienone is 1. The van der Waals surface area contributed by atoms with Gasteiger partial charge in [-0.25, -0.2) is 4.39 Å². The van der Waals surface area contributed by atoms with E-state index in [0.717, 1.165) is 0 Å². The molecule has 1 aromatic rings. The van der Waals surface area contributed by atoms with E-state index in [-0.39, 0.29) is 5.82 Å². The molecule has 70 valence electrons. The van der Waals surface area contributed by atoms with Crippen molar-refractivity contribution in [3.63, 3.8) is 0 Å². The monoisotopic (exact) mass is 180 g/mol. The molecule has 1 aromatic carbocycles. The summed E-state index contributed by atoms with van der Waals surface area (Å²) in [5, 5.41) is 0. The Morgan fingerprint density at radius 2 is 2.23 bits per heavy atom. The van der Waals surface area contributed by atoms with Crippen molar-refractivity contribution in [2.75, 3.05) is 6.61 Å². The zero-order valence-electron chi connectivity index (χ0n) is 7.88. The maximum absolute atomic E-state index is 12.7. The fraction of sp³-hybridized carbons (Fsp3) is 0.273.